The molecule has 0 aromatic rings. The van der Waals surface area contributed by atoms with Gasteiger partial charge in [0, 0.05) is 0 Å². The zero-order valence-electron chi connectivity index (χ0n) is 8.26. The second kappa shape index (κ2) is 3.79. The minimum absolute atomic E-state index is 0.0573. The van der Waals surface area contributed by atoms with Crippen molar-refractivity contribution in [3.05, 3.63) is 24.0 Å². The van der Waals surface area contributed by atoms with Gasteiger partial charge in [-0.25, -0.2) is 0 Å². The molecule has 0 saturated heterocycles. The van der Waals surface area contributed by atoms with Gasteiger partial charge in [0.05, 0.1) is 11.9 Å². The third kappa shape index (κ3) is 3.61. The van der Waals surface area contributed by atoms with E-state index in [-0.39, 0.29) is 5.60 Å². The summed E-state index contributed by atoms with van der Waals surface area (Å²) in [5.74, 6) is 0. The molecular formula is C11H18O. The third-order valence-corrected chi connectivity index (χ3v) is 1.73. The van der Waals surface area contributed by atoms with Gasteiger partial charge < -0.3 is 4.74 Å². The smallest absolute Gasteiger partial charge is 0.0998 e. The first kappa shape index (κ1) is 9.37. The van der Waals surface area contributed by atoms with Crippen molar-refractivity contribution < 1.29 is 4.74 Å². The highest BCUT2D eigenvalue weighted by atomic mass is 16.5. The van der Waals surface area contributed by atoms with Crippen LogP contribution in [0.15, 0.2) is 24.0 Å². The normalized spacial score (nSPS) is 21.4. The van der Waals surface area contributed by atoms with E-state index in [0.29, 0.717) is 0 Å². The van der Waals surface area contributed by atoms with Crippen LogP contribution in [0.5, 0.6) is 0 Å². The maximum Gasteiger partial charge on any atom is 0.0998 e. The fraction of sp³-hybridized carbons (Fsp3) is 0.636. The molecule has 1 rings (SSSR count). The molecule has 1 aliphatic carbocycles. The Morgan fingerprint density at radius 1 is 1.42 bits per heavy atom. The van der Waals surface area contributed by atoms with Crippen LogP contribution in [0.2, 0.25) is 0 Å². The minimum atomic E-state index is -0.0573. The molecule has 0 amide bonds. The maximum absolute atomic E-state index is 5.56. The predicted octanol–water partition coefficient (Wildman–Crippen LogP) is 3.43. The summed E-state index contributed by atoms with van der Waals surface area (Å²) in [7, 11) is 0. The van der Waals surface area contributed by atoms with Gasteiger partial charge in [0.2, 0.25) is 0 Å². The van der Waals surface area contributed by atoms with Gasteiger partial charge in [-0.15, -0.1) is 0 Å². The van der Waals surface area contributed by atoms with Crippen molar-refractivity contribution in [2.45, 2.75) is 45.6 Å². The van der Waals surface area contributed by atoms with E-state index >= 15 is 0 Å². The molecule has 0 N–H and O–H groups in total. The van der Waals surface area contributed by atoms with Crippen molar-refractivity contribution >= 4 is 0 Å². The van der Waals surface area contributed by atoms with Gasteiger partial charge >= 0.3 is 0 Å². The summed E-state index contributed by atoms with van der Waals surface area (Å²) in [6, 6.07) is 0. The molecule has 0 atom stereocenters. The Kier molecular flexibility index (Phi) is 2.96. The summed E-state index contributed by atoms with van der Waals surface area (Å²) in [5, 5.41) is 0. The van der Waals surface area contributed by atoms with Crippen LogP contribution in [-0.2, 0) is 4.74 Å². The molecule has 1 heteroatoms. The van der Waals surface area contributed by atoms with E-state index in [2.05, 4.69) is 32.9 Å². The van der Waals surface area contributed by atoms with Gasteiger partial charge in [-0.2, -0.15) is 0 Å². The Balaban J connectivity index is 2.46. The van der Waals surface area contributed by atoms with Gasteiger partial charge in [0.15, 0.2) is 0 Å². The summed E-state index contributed by atoms with van der Waals surface area (Å²) in [4.78, 5) is 0. The van der Waals surface area contributed by atoms with Crippen LogP contribution in [0, 0.1) is 0 Å². The summed E-state index contributed by atoms with van der Waals surface area (Å²) in [5.41, 5.74) is 1.26. The highest BCUT2D eigenvalue weighted by Gasteiger charge is 2.08. The first-order valence-corrected chi connectivity index (χ1v) is 4.61. The minimum Gasteiger partial charge on any atom is -0.495 e. The summed E-state index contributed by atoms with van der Waals surface area (Å²) in [6.45, 7) is 6.20. The molecular weight excluding hydrogens is 148 g/mol. The van der Waals surface area contributed by atoms with E-state index in [9.17, 15) is 0 Å². The quantitative estimate of drug-likeness (QED) is 0.542. The lowest BCUT2D eigenvalue weighted by atomic mass is 10.0. The molecule has 0 heterocycles. The fourth-order valence-corrected chi connectivity index (χ4v) is 1.09. The predicted molar refractivity (Wildman–Crippen MR) is 51.9 cm³/mol. The zero-order valence-corrected chi connectivity index (χ0v) is 8.26. The van der Waals surface area contributed by atoms with Crippen LogP contribution in [0.3, 0.4) is 0 Å². The van der Waals surface area contributed by atoms with Gasteiger partial charge in [-0.05, 0) is 45.6 Å². The van der Waals surface area contributed by atoms with Crippen LogP contribution in [0.25, 0.3) is 0 Å². The largest absolute Gasteiger partial charge is 0.495 e. The average Bonchev–Trinajstić information content (AvgIpc) is 2.02. The molecule has 1 aliphatic rings. The number of hydrogen-bond donors (Lipinski definition) is 0. The second-order valence-corrected chi connectivity index (χ2v) is 4.22. The van der Waals surface area contributed by atoms with Gasteiger partial charge in [0.1, 0.15) is 0 Å². The molecule has 0 unspecified atom stereocenters. The van der Waals surface area contributed by atoms with E-state index in [1.54, 1.807) is 0 Å². The van der Waals surface area contributed by atoms with Crippen LogP contribution >= 0.6 is 0 Å². The van der Waals surface area contributed by atoms with E-state index < -0.39 is 0 Å². The molecule has 0 saturated carbocycles. The second-order valence-electron chi connectivity index (χ2n) is 4.22. The third-order valence-electron chi connectivity index (χ3n) is 1.73. The van der Waals surface area contributed by atoms with Crippen LogP contribution < -0.4 is 0 Å². The Morgan fingerprint density at radius 3 is 2.67 bits per heavy atom. The van der Waals surface area contributed by atoms with Crippen LogP contribution in [0.1, 0.15) is 40.0 Å². The number of ether oxygens (including phenoxy) is 1. The highest BCUT2D eigenvalue weighted by molar-refractivity contribution is 5.19. The van der Waals surface area contributed by atoms with Crippen LogP contribution in [-0.4, -0.2) is 5.60 Å². The molecule has 0 aliphatic heterocycles. The molecule has 12 heavy (non-hydrogen) atoms. The lowest BCUT2D eigenvalue weighted by Gasteiger charge is -2.19. The zero-order chi connectivity index (χ0) is 9.03. The first-order valence-electron chi connectivity index (χ1n) is 4.61. The van der Waals surface area contributed by atoms with Gasteiger partial charge in [-0.3, -0.25) is 0 Å². The van der Waals surface area contributed by atoms with E-state index in [0.717, 1.165) is 6.42 Å². The van der Waals surface area contributed by atoms with Crippen molar-refractivity contribution in [2.24, 2.45) is 0 Å². The highest BCUT2D eigenvalue weighted by Crippen LogP contribution is 2.17. The number of rotatable bonds is 1. The van der Waals surface area contributed by atoms with Crippen molar-refractivity contribution in [3.63, 3.8) is 0 Å². The first-order chi connectivity index (χ1) is 5.58. The van der Waals surface area contributed by atoms with E-state index in [1.807, 2.05) is 6.26 Å². The molecule has 0 fully saturated rings. The monoisotopic (exact) mass is 166 g/mol. The topological polar surface area (TPSA) is 9.23 Å². The molecule has 1 nitrogen and oxygen atoms in total. The Bertz CT molecular complexity index is 194. The average molecular weight is 166 g/mol. The molecule has 0 bridgehead atoms. The lowest BCUT2D eigenvalue weighted by Crippen LogP contribution is -2.15. The molecule has 68 valence electrons. The Hall–Kier alpha value is -0.720. The molecule has 0 aromatic heterocycles. The van der Waals surface area contributed by atoms with Crippen molar-refractivity contribution in [1.29, 1.82) is 0 Å². The number of hydrogen-bond acceptors (Lipinski definition) is 1. The SMILES string of the molecule is CC(C)(C)O/C=C1\C=CCCC1. The molecule has 0 aromatic carbocycles. The summed E-state index contributed by atoms with van der Waals surface area (Å²) in [6.07, 6.45) is 9.90. The summed E-state index contributed by atoms with van der Waals surface area (Å²) < 4.78 is 5.56. The van der Waals surface area contributed by atoms with Crippen LogP contribution in [0.4, 0.5) is 0 Å². The van der Waals surface area contributed by atoms with E-state index in [1.165, 1.54) is 18.4 Å². The number of allylic oxidation sites excluding steroid dienone is 3. The van der Waals surface area contributed by atoms with Gasteiger partial charge in [0.25, 0.3) is 0 Å². The van der Waals surface area contributed by atoms with Crippen molar-refractivity contribution in [1.82, 2.24) is 0 Å². The maximum atomic E-state index is 5.56. The molecule has 0 radical (unpaired) electrons. The lowest BCUT2D eigenvalue weighted by molar-refractivity contribution is 0.0750. The summed E-state index contributed by atoms with van der Waals surface area (Å²) >= 11 is 0. The Morgan fingerprint density at radius 2 is 2.17 bits per heavy atom. The van der Waals surface area contributed by atoms with Crippen molar-refractivity contribution in [3.8, 4) is 0 Å². The standard InChI is InChI=1S/C11H18O/c1-11(2,3)12-9-10-7-5-4-6-8-10/h5,7,9H,4,6,8H2,1-3H3/b10-9+. The van der Waals surface area contributed by atoms with Crippen molar-refractivity contribution in [2.75, 3.05) is 0 Å². The fourth-order valence-electron chi connectivity index (χ4n) is 1.09. The Labute approximate surface area is 75.1 Å². The van der Waals surface area contributed by atoms with E-state index in [4.69, 9.17) is 4.74 Å². The van der Waals surface area contributed by atoms with Gasteiger partial charge in [-0.1, -0.05) is 12.2 Å². The molecule has 0 spiro atoms.